The van der Waals surface area contributed by atoms with Crippen LogP contribution in [0.5, 0.6) is 0 Å². The lowest BCUT2D eigenvalue weighted by Crippen LogP contribution is -2.33. The monoisotopic (exact) mass is 315 g/mol. The number of fused-ring (bicyclic) bond motifs is 1. The van der Waals surface area contributed by atoms with Gasteiger partial charge in [-0.2, -0.15) is 0 Å². The zero-order chi connectivity index (χ0) is 16.8. The maximum atomic E-state index is 12.0. The molecule has 0 bridgehead atoms. The molecule has 1 atom stereocenters. The van der Waals surface area contributed by atoms with E-state index in [4.69, 9.17) is 0 Å². The minimum absolute atomic E-state index is 0.0688. The number of rotatable bonds is 7. The highest BCUT2D eigenvalue weighted by atomic mass is 16.2. The minimum atomic E-state index is -0.252. The van der Waals surface area contributed by atoms with Gasteiger partial charge in [0.25, 0.3) is 0 Å². The third kappa shape index (κ3) is 4.12. The number of aromatic nitrogens is 1. The number of carbonyl (C=O) groups is 2. The topological polar surface area (TPSA) is 63.1 Å². The first kappa shape index (κ1) is 17.1. The predicted octanol–water partition coefficient (Wildman–Crippen LogP) is 2.00. The fourth-order valence-electron chi connectivity index (χ4n) is 2.88. The highest BCUT2D eigenvalue weighted by molar-refractivity contribution is 5.86. The largest absolute Gasteiger partial charge is 0.359 e. The molecule has 23 heavy (non-hydrogen) atoms. The molecule has 2 N–H and O–H groups in total. The molecule has 0 radical (unpaired) electrons. The Balaban J connectivity index is 1.89. The summed E-state index contributed by atoms with van der Waals surface area (Å²) in [6, 6.07) is 8.25. The van der Waals surface area contributed by atoms with Crippen LogP contribution in [0, 0.1) is 5.92 Å². The van der Waals surface area contributed by atoms with Crippen molar-refractivity contribution >= 4 is 22.7 Å². The lowest BCUT2D eigenvalue weighted by molar-refractivity contribution is -0.130. The normalized spacial score (nSPS) is 12.1. The Kier molecular flexibility index (Phi) is 5.79. The molecule has 1 aromatic heterocycles. The van der Waals surface area contributed by atoms with E-state index in [1.54, 1.807) is 7.05 Å². The van der Waals surface area contributed by atoms with E-state index in [9.17, 15) is 9.59 Å². The van der Waals surface area contributed by atoms with Crippen molar-refractivity contribution in [1.82, 2.24) is 15.2 Å². The molecule has 5 nitrogen and oxygen atoms in total. The van der Waals surface area contributed by atoms with Crippen LogP contribution < -0.4 is 10.6 Å². The lowest BCUT2D eigenvalue weighted by Gasteiger charge is -2.12. The molecular weight excluding hydrogens is 290 g/mol. The lowest BCUT2D eigenvalue weighted by atomic mass is 10.0. The molecule has 1 aromatic carbocycles. The number of benzene rings is 1. The highest BCUT2D eigenvalue weighted by Gasteiger charge is 2.18. The summed E-state index contributed by atoms with van der Waals surface area (Å²) in [4.78, 5) is 23.6. The van der Waals surface area contributed by atoms with Crippen LogP contribution in [0.25, 0.3) is 10.9 Å². The number of hydrogen-bond donors (Lipinski definition) is 2. The standard InChI is InChI=1S/C18H25N3O2/c1-4-13(18(23)19-2)11-17(22)20-10-9-14-12-21(3)16-8-6-5-7-15(14)16/h5-8,12-13H,4,9-11H2,1-3H3,(H,19,23)(H,20,22). The van der Waals surface area contributed by atoms with Crippen LogP contribution >= 0.6 is 0 Å². The van der Waals surface area contributed by atoms with Crippen LogP contribution in [0.4, 0.5) is 0 Å². The van der Waals surface area contributed by atoms with Crippen molar-refractivity contribution in [2.75, 3.05) is 13.6 Å². The molecule has 0 saturated carbocycles. The van der Waals surface area contributed by atoms with Gasteiger partial charge in [-0.15, -0.1) is 0 Å². The molecule has 0 aliphatic rings. The third-order valence-electron chi connectivity index (χ3n) is 4.24. The van der Waals surface area contributed by atoms with Crippen LogP contribution in [0.1, 0.15) is 25.3 Å². The Morgan fingerprint density at radius 3 is 2.70 bits per heavy atom. The number of amides is 2. The molecule has 0 spiro atoms. The van der Waals surface area contributed by atoms with Gasteiger partial charge in [0.05, 0.1) is 0 Å². The number of para-hydroxylation sites is 1. The summed E-state index contributed by atoms with van der Waals surface area (Å²) in [5, 5.41) is 6.75. The molecular formula is C18H25N3O2. The van der Waals surface area contributed by atoms with Gasteiger partial charge in [-0.25, -0.2) is 0 Å². The Labute approximate surface area is 137 Å². The second-order valence-electron chi connectivity index (χ2n) is 5.81. The van der Waals surface area contributed by atoms with E-state index in [-0.39, 0.29) is 24.2 Å². The molecule has 1 unspecified atom stereocenters. The predicted molar refractivity (Wildman–Crippen MR) is 92.1 cm³/mol. The van der Waals surface area contributed by atoms with Gasteiger partial charge in [0, 0.05) is 50.1 Å². The van der Waals surface area contributed by atoms with Gasteiger partial charge in [-0.05, 0) is 24.5 Å². The fourth-order valence-corrected chi connectivity index (χ4v) is 2.88. The van der Waals surface area contributed by atoms with Crippen LogP contribution in [-0.4, -0.2) is 30.0 Å². The highest BCUT2D eigenvalue weighted by Crippen LogP contribution is 2.20. The van der Waals surface area contributed by atoms with Crippen molar-refractivity contribution in [1.29, 1.82) is 0 Å². The average molecular weight is 315 g/mol. The van der Waals surface area contributed by atoms with E-state index in [2.05, 4.69) is 33.5 Å². The van der Waals surface area contributed by atoms with Gasteiger partial charge in [0.15, 0.2) is 0 Å². The Morgan fingerprint density at radius 2 is 2.00 bits per heavy atom. The van der Waals surface area contributed by atoms with Crippen molar-refractivity contribution in [3.63, 3.8) is 0 Å². The summed E-state index contributed by atoms with van der Waals surface area (Å²) in [6.07, 6.45) is 3.79. The molecule has 2 amide bonds. The van der Waals surface area contributed by atoms with Gasteiger partial charge >= 0.3 is 0 Å². The summed E-state index contributed by atoms with van der Waals surface area (Å²) in [7, 11) is 3.63. The molecule has 2 aromatic rings. The summed E-state index contributed by atoms with van der Waals surface area (Å²) in [6.45, 7) is 2.50. The quantitative estimate of drug-likeness (QED) is 0.821. The first-order valence-corrected chi connectivity index (χ1v) is 8.08. The van der Waals surface area contributed by atoms with Gasteiger partial charge in [0.2, 0.25) is 11.8 Å². The van der Waals surface area contributed by atoms with Crippen molar-refractivity contribution in [2.24, 2.45) is 13.0 Å². The van der Waals surface area contributed by atoms with E-state index in [1.165, 1.54) is 16.5 Å². The maximum absolute atomic E-state index is 12.0. The fraction of sp³-hybridized carbons (Fsp3) is 0.444. The van der Waals surface area contributed by atoms with E-state index in [1.807, 2.05) is 26.1 Å². The summed E-state index contributed by atoms with van der Waals surface area (Å²) in [5.41, 5.74) is 2.42. The van der Waals surface area contributed by atoms with Crippen LogP contribution in [0.2, 0.25) is 0 Å². The average Bonchev–Trinajstić information content (AvgIpc) is 2.88. The van der Waals surface area contributed by atoms with Gasteiger partial charge in [-0.3, -0.25) is 9.59 Å². The van der Waals surface area contributed by atoms with Crippen LogP contribution in [-0.2, 0) is 23.1 Å². The molecule has 5 heteroatoms. The zero-order valence-electron chi connectivity index (χ0n) is 14.1. The van der Waals surface area contributed by atoms with Gasteiger partial charge in [0.1, 0.15) is 0 Å². The van der Waals surface area contributed by atoms with E-state index in [0.717, 1.165) is 6.42 Å². The van der Waals surface area contributed by atoms with Gasteiger partial charge in [-0.1, -0.05) is 25.1 Å². The number of nitrogens with zero attached hydrogens (tertiary/aromatic N) is 1. The smallest absolute Gasteiger partial charge is 0.223 e. The molecule has 124 valence electrons. The molecule has 0 fully saturated rings. The second-order valence-corrected chi connectivity index (χ2v) is 5.81. The van der Waals surface area contributed by atoms with Crippen molar-refractivity contribution < 1.29 is 9.59 Å². The van der Waals surface area contributed by atoms with Crippen LogP contribution in [0.15, 0.2) is 30.5 Å². The minimum Gasteiger partial charge on any atom is -0.359 e. The SMILES string of the molecule is CCC(CC(=O)NCCc1cn(C)c2ccccc12)C(=O)NC. The van der Waals surface area contributed by atoms with Gasteiger partial charge < -0.3 is 15.2 Å². The second kappa shape index (κ2) is 7.81. The number of nitrogens with one attached hydrogen (secondary N) is 2. The Morgan fingerprint density at radius 1 is 1.26 bits per heavy atom. The zero-order valence-corrected chi connectivity index (χ0v) is 14.1. The van der Waals surface area contributed by atoms with Crippen molar-refractivity contribution in [3.05, 3.63) is 36.0 Å². The third-order valence-corrected chi connectivity index (χ3v) is 4.24. The summed E-state index contributed by atoms with van der Waals surface area (Å²) < 4.78 is 2.10. The number of aryl methyl sites for hydroxylation is 1. The Hall–Kier alpha value is -2.30. The first-order valence-electron chi connectivity index (χ1n) is 8.08. The number of hydrogen-bond acceptors (Lipinski definition) is 2. The van der Waals surface area contributed by atoms with E-state index in [0.29, 0.717) is 13.0 Å². The molecule has 1 heterocycles. The molecule has 0 aliphatic heterocycles. The number of carbonyl (C=O) groups excluding carboxylic acids is 2. The summed E-state index contributed by atoms with van der Waals surface area (Å²) >= 11 is 0. The van der Waals surface area contributed by atoms with Crippen molar-refractivity contribution in [2.45, 2.75) is 26.2 Å². The molecule has 0 aliphatic carbocycles. The summed E-state index contributed by atoms with van der Waals surface area (Å²) in [5.74, 6) is -0.394. The van der Waals surface area contributed by atoms with Crippen molar-refractivity contribution in [3.8, 4) is 0 Å². The first-order chi connectivity index (χ1) is 11.1. The van der Waals surface area contributed by atoms with E-state index >= 15 is 0 Å². The van der Waals surface area contributed by atoms with Crippen LogP contribution in [0.3, 0.4) is 0 Å². The van der Waals surface area contributed by atoms with E-state index < -0.39 is 0 Å². The Bertz CT molecular complexity index is 691. The molecule has 2 rings (SSSR count). The maximum Gasteiger partial charge on any atom is 0.223 e. The molecule has 0 saturated heterocycles.